The first-order valence-corrected chi connectivity index (χ1v) is 6.63. The van der Waals surface area contributed by atoms with Crippen LogP contribution in [0.2, 0.25) is 5.02 Å². The van der Waals surface area contributed by atoms with Crippen LogP contribution in [0.3, 0.4) is 0 Å². The molecule has 1 aromatic carbocycles. The molecule has 0 radical (unpaired) electrons. The standard InChI is InChI=1S/C14H22ClNO/c1-4-8-16-14(11(2)3)10-17-13-7-5-6-12(15)9-13/h5-7,9,11,14,16H,4,8,10H2,1-3H3. The van der Waals surface area contributed by atoms with Crippen molar-refractivity contribution >= 4 is 11.6 Å². The molecule has 0 aliphatic rings. The van der Waals surface area contributed by atoms with Gasteiger partial charge < -0.3 is 10.1 Å². The van der Waals surface area contributed by atoms with E-state index in [2.05, 4.69) is 26.1 Å². The molecule has 0 saturated heterocycles. The molecule has 0 saturated carbocycles. The molecule has 1 N–H and O–H groups in total. The Labute approximate surface area is 109 Å². The van der Waals surface area contributed by atoms with Crippen LogP contribution < -0.4 is 10.1 Å². The van der Waals surface area contributed by atoms with E-state index >= 15 is 0 Å². The van der Waals surface area contributed by atoms with Gasteiger partial charge in [0.2, 0.25) is 0 Å². The highest BCUT2D eigenvalue weighted by molar-refractivity contribution is 6.30. The number of rotatable bonds is 7. The Morgan fingerprint density at radius 2 is 2.12 bits per heavy atom. The smallest absolute Gasteiger partial charge is 0.120 e. The molecule has 0 spiro atoms. The zero-order chi connectivity index (χ0) is 12.7. The van der Waals surface area contributed by atoms with Crippen molar-refractivity contribution < 1.29 is 4.74 Å². The molecule has 0 amide bonds. The van der Waals surface area contributed by atoms with E-state index in [1.165, 1.54) is 0 Å². The molecule has 0 heterocycles. The summed E-state index contributed by atoms with van der Waals surface area (Å²) < 4.78 is 5.76. The quantitative estimate of drug-likeness (QED) is 0.801. The van der Waals surface area contributed by atoms with E-state index in [1.807, 2.05) is 24.3 Å². The second-order valence-electron chi connectivity index (χ2n) is 4.57. The average Bonchev–Trinajstić information content (AvgIpc) is 2.28. The van der Waals surface area contributed by atoms with Gasteiger partial charge in [0.15, 0.2) is 0 Å². The van der Waals surface area contributed by atoms with E-state index in [9.17, 15) is 0 Å². The first-order chi connectivity index (χ1) is 8.13. The highest BCUT2D eigenvalue weighted by Gasteiger charge is 2.12. The van der Waals surface area contributed by atoms with Gasteiger partial charge in [-0.05, 0) is 37.1 Å². The van der Waals surface area contributed by atoms with Gasteiger partial charge in [0, 0.05) is 11.1 Å². The second kappa shape index (κ2) is 7.57. The average molecular weight is 256 g/mol. The molecule has 96 valence electrons. The van der Waals surface area contributed by atoms with Crippen LogP contribution in [-0.2, 0) is 0 Å². The van der Waals surface area contributed by atoms with Crippen LogP contribution in [0, 0.1) is 5.92 Å². The topological polar surface area (TPSA) is 21.3 Å². The number of hydrogen-bond acceptors (Lipinski definition) is 2. The minimum absolute atomic E-state index is 0.383. The minimum atomic E-state index is 0.383. The number of ether oxygens (including phenoxy) is 1. The summed E-state index contributed by atoms with van der Waals surface area (Å²) in [4.78, 5) is 0. The van der Waals surface area contributed by atoms with Gasteiger partial charge in [0.25, 0.3) is 0 Å². The van der Waals surface area contributed by atoms with Crippen LogP contribution in [0.15, 0.2) is 24.3 Å². The summed E-state index contributed by atoms with van der Waals surface area (Å²) in [5.41, 5.74) is 0. The molecular weight excluding hydrogens is 234 g/mol. The lowest BCUT2D eigenvalue weighted by Gasteiger charge is -2.22. The molecule has 2 nitrogen and oxygen atoms in total. The highest BCUT2D eigenvalue weighted by Crippen LogP contribution is 2.17. The lowest BCUT2D eigenvalue weighted by atomic mass is 10.1. The third-order valence-electron chi connectivity index (χ3n) is 2.69. The van der Waals surface area contributed by atoms with Crippen LogP contribution in [0.5, 0.6) is 5.75 Å². The maximum atomic E-state index is 5.91. The highest BCUT2D eigenvalue weighted by atomic mass is 35.5. The third kappa shape index (κ3) is 5.42. The molecule has 17 heavy (non-hydrogen) atoms. The minimum Gasteiger partial charge on any atom is -0.492 e. The Morgan fingerprint density at radius 3 is 2.71 bits per heavy atom. The Kier molecular flexibility index (Phi) is 6.38. The number of benzene rings is 1. The van der Waals surface area contributed by atoms with E-state index in [4.69, 9.17) is 16.3 Å². The Bertz CT molecular complexity index is 328. The molecule has 0 aromatic heterocycles. The predicted molar refractivity (Wildman–Crippen MR) is 73.9 cm³/mol. The largest absolute Gasteiger partial charge is 0.492 e. The van der Waals surface area contributed by atoms with Crippen molar-refractivity contribution in [3.8, 4) is 5.75 Å². The third-order valence-corrected chi connectivity index (χ3v) is 2.92. The summed E-state index contributed by atoms with van der Waals surface area (Å²) in [7, 11) is 0. The van der Waals surface area contributed by atoms with Crippen LogP contribution >= 0.6 is 11.6 Å². The van der Waals surface area contributed by atoms with Crippen molar-refractivity contribution in [3.05, 3.63) is 29.3 Å². The number of halogens is 1. The van der Waals surface area contributed by atoms with E-state index in [1.54, 1.807) is 0 Å². The Balaban J connectivity index is 2.45. The van der Waals surface area contributed by atoms with Gasteiger partial charge in [-0.25, -0.2) is 0 Å². The van der Waals surface area contributed by atoms with Crippen molar-refractivity contribution in [1.29, 1.82) is 0 Å². The van der Waals surface area contributed by atoms with Crippen molar-refractivity contribution in [2.24, 2.45) is 5.92 Å². The zero-order valence-electron chi connectivity index (χ0n) is 10.9. The molecule has 0 fully saturated rings. The van der Waals surface area contributed by atoms with Crippen molar-refractivity contribution in [2.45, 2.75) is 33.2 Å². The first-order valence-electron chi connectivity index (χ1n) is 6.25. The maximum absolute atomic E-state index is 5.91. The van der Waals surface area contributed by atoms with Gasteiger partial charge in [0.05, 0.1) is 0 Å². The fourth-order valence-corrected chi connectivity index (χ4v) is 1.74. The van der Waals surface area contributed by atoms with Crippen LogP contribution in [-0.4, -0.2) is 19.2 Å². The van der Waals surface area contributed by atoms with Gasteiger partial charge in [-0.15, -0.1) is 0 Å². The number of hydrogen-bond donors (Lipinski definition) is 1. The van der Waals surface area contributed by atoms with E-state index in [-0.39, 0.29) is 0 Å². The Hall–Kier alpha value is -0.730. The molecular formula is C14H22ClNO. The van der Waals surface area contributed by atoms with Crippen molar-refractivity contribution in [3.63, 3.8) is 0 Å². The van der Waals surface area contributed by atoms with Crippen LogP contribution in [0.25, 0.3) is 0 Å². The fourth-order valence-electron chi connectivity index (χ4n) is 1.56. The summed E-state index contributed by atoms with van der Waals surface area (Å²) in [5, 5.41) is 4.21. The first kappa shape index (κ1) is 14.3. The lowest BCUT2D eigenvalue weighted by molar-refractivity contribution is 0.230. The summed E-state index contributed by atoms with van der Waals surface area (Å²) in [5.74, 6) is 1.39. The molecule has 1 rings (SSSR count). The van der Waals surface area contributed by atoms with Crippen molar-refractivity contribution in [1.82, 2.24) is 5.32 Å². The monoisotopic (exact) mass is 255 g/mol. The molecule has 0 aliphatic heterocycles. The predicted octanol–water partition coefficient (Wildman–Crippen LogP) is 3.74. The van der Waals surface area contributed by atoms with Gasteiger partial charge in [-0.3, -0.25) is 0 Å². The second-order valence-corrected chi connectivity index (χ2v) is 5.01. The van der Waals surface area contributed by atoms with Crippen LogP contribution in [0.4, 0.5) is 0 Å². The van der Waals surface area contributed by atoms with Gasteiger partial charge in [-0.1, -0.05) is 38.4 Å². The van der Waals surface area contributed by atoms with Gasteiger partial charge in [-0.2, -0.15) is 0 Å². The number of nitrogens with one attached hydrogen (secondary N) is 1. The van der Waals surface area contributed by atoms with E-state index in [0.717, 1.165) is 18.7 Å². The van der Waals surface area contributed by atoms with Crippen molar-refractivity contribution in [2.75, 3.05) is 13.2 Å². The zero-order valence-corrected chi connectivity index (χ0v) is 11.6. The Morgan fingerprint density at radius 1 is 1.35 bits per heavy atom. The molecule has 3 heteroatoms. The maximum Gasteiger partial charge on any atom is 0.120 e. The summed E-state index contributed by atoms with van der Waals surface area (Å²) in [6.07, 6.45) is 1.14. The van der Waals surface area contributed by atoms with Gasteiger partial charge in [0.1, 0.15) is 12.4 Å². The SMILES string of the molecule is CCCNC(COc1cccc(Cl)c1)C(C)C. The fraction of sp³-hybridized carbons (Fsp3) is 0.571. The normalized spacial score (nSPS) is 12.8. The lowest BCUT2D eigenvalue weighted by Crippen LogP contribution is -2.39. The molecule has 1 aromatic rings. The molecule has 0 aliphatic carbocycles. The summed E-state index contributed by atoms with van der Waals surface area (Å²) in [6, 6.07) is 7.92. The van der Waals surface area contributed by atoms with E-state index in [0.29, 0.717) is 23.6 Å². The van der Waals surface area contributed by atoms with Crippen LogP contribution in [0.1, 0.15) is 27.2 Å². The molecule has 1 atom stereocenters. The molecule has 1 unspecified atom stereocenters. The summed E-state index contributed by atoms with van der Waals surface area (Å²) >= 11 is 5.91. The van der Waals surface area contributed by atoms with E-state index < -0.39 is 0 Å². The van der Waals surface area contributed by atoms with Gasteiger partial charge >= 0.3 is 0 Å². The molecule has 0 bridgehead atoms. The summed E-state index contributed by atoms with van der Waals surface area (Å²) in [6.45, 7) is 8.28.